The molecule has 1 amide bonds. The van der Waals surface area contributed by atoms with Crippen molar-refractivity contribution in [3.05, 3.63) is 88.6 Å². The van der Waals surface area contributed by atoms with Crippen LogP contribution in [0.2, 0.25) is 0 Å². The summed E-state index contributed by atoms with van der Waals surface area (Å²) in [6.45, 7) is 4.60. The predicted octanol–water partition coefficient (Wildman–Crippen LogP) is 3.73. The van der Waals surface area contributed by atoms with Crippen molar-refractivity contribution >= 4 is 22.2 Å². The van der Waals surface area contributed by atoms with Crippen molar-refractivity contribution in [1.29, 1.82) is 0 Å². The van der Waals surface area contributed by atoms with E-state index in [2.05, 4.69) is 27.2 Å². The molecular formula is C26H27N5O3. The Morgan fingerprint density at radius 1 is 1.18 bits per heavy atom. The van der Waals surface area contributed by atoms with Crippen molar-refractivity contribution in [2.45, 2.75) is 44.2 Å². The Balaban J connectivity index is 1.23. The molecule has 1 saturated carbocycles. The minimum atomic E-state index is -0.162. The highest BCUT2D eigenvalue weighted by molar-refractivity contribution is 6.00. The average Bonchev–Trinajstić information content (AvgIpc) is 3.29. The molecule has 0 bridgehead atoms. The summed E-state index contributed by atoms with van der Waals surface area (Å²) < 4.78 is 7.20. The fourth-order valence-electron chi connectivity index (χ4n) is 4.77. The Labute approximate surface area is 196 Å². The molecule has 0 unspecified atom stereocenters. The van der Waals surface area contributed by atoms with Crippen LogP contribution in [0.3, 0.4) is 0 Å². The predicted molar refractivity (Wildman–Crippen MR) is 130 cm³/mol. The lowest BCUT2D eigenvalue weighted by Crippen LogP contribution is -2.37. The van der Waals surface area contributed by atoms with E-state index in [1.165, 1.54) is 0 Å². The molecule has 0 saturated heterocycles. The van der Waals surface area contributed by atoms with Gasteiger partial charge in [-0.2, -0.15) is 10.2 Å². The largest absolute Gasteiger partial charge is 0.373 e. The van der Waals surface area contributed by atoms with Crippen LogP contribution in [0.4, 0.5) is 0 Å². The van der Waals surface area contributed by atoms with Crippen LogP contribution in [-0.4, -0.2) is 38.4 Å². The van der Waals surface area contributed by atoms with Gasteiger partial charge in [0.1, 0.15) is 0 Å². The van der Waals surface area contributed by atoms with Gasteiger partial charge in [0.15, 0.2) is 0 Å². The molecule has 1 aliphatic carbocycles. The number of aromatic nitrogens is 4. The topological polar surface area (TPSA) is 101 Å². The highest BCUT2D eigenvalue weighted by atomic mass is 16.5. The molecule has 1 aliphatic rings. The molecule has 3 heterocycles. The normalized spacial score (nSPS) is 18.2. The minimum absolute atomic E-state index is 0.0966. The zero-order valence-corrected chi connectivity index (χ0v) is 18.9. The van der Waals surface area contributed by atoms with Gasteiger partial charge in [-0.05, 0) is 43.4 Å². The summed E-state index contributed by atoms with van der Waals surface area (Å²) in [7, 11) is 0. The number of hydrogen-bond donors (Lipinski definition) is 2. The standard InChI is InChI=1S/C26H27N5O3/c1-2-13-34-16-17-7-12-23-22(14-27-31(23)15-17)25(32)28-19-10-8-18(9-11-19)24-20-5-3-4-6-21(20)26(33)30-29-24/h2-7,12,14-15,18-19H,1,8-11,13,16H2,(H,28,32)(H,30,33). The first-order valence-electron chi connectivity index (χ1n) is 11.6. The first-order valence-corrected chi connectivity index (χ1v) is 11.6. The van der Waals surface area contributed by atoms with Crippen LogP contribution in [0.15, 0.2) is 66.2 Å². The van der Waals surface area contributed by atoms with Crippen molar-refractivity contribution in [2.75, 3.05) is 6.61 Å². The maximum atomic E-state index is 13.0. The summed E-state index contributed by atoms with van der Waals surface area (Å²) in [5.74, 6) is 0.148. The first-order chi connectivity index (χ1) is 16.6. The fourth-order valence-corrected chi connectivity index (χ4v) is 4.77. The monoisotopic (exact) mass is 457 g/mol. The highest BCUT2D eigenvalue weighted by Crippen LogP contribution is 2.34. The molecule has 8 nitrogen and oxygen atoms in total. The molecule has 3 aromatic heterocycles. The molecule has 5 rings (SSSR count). The number of ether oxygens (including phenoxy) is 1. The van der Waals surface area contributed by atoms with Gasteiger partial charge in [-0.15, -0.1) is 6.58 Å². The van der Waals surface area contributed by atoms with Gasteiger partial charge in [0, 0.05) is 23.5 Å². The number of pyridine rings is 1. The lowest BCUT2D eigenvalue weighted by Gasteiger charge is -2.29. The highest BCUT2D eigenvalue weighted by Gasteiger charge is 2.27. The quantitative estimate of drug-likeness (QED) is 0.325. The van der Waals surface area contributed by atoms with Crippen LogP contribution in [0.25, 0.3) is 16.3 Å². The van der Waals surface area contributed by atoms with E-state index in [4.69, 9.17) is 4.74 Å². The summed E-state index contributed by atoms with van der Waals surface area (Å²) >= 11 is 0. The number of rotatable bonds is 7. The van der Waals surface area contributed by atoms with Gasteiger partial charge in [0.05, 0.1) is 41.6 Å². The number of benzene rings is 1. The SMILES string of the molecule is C=CCOCc1ccc2c(C(=O)NC3CCC(c4n[nH]c(=O)c5ccccc45)CC3)cnn2c1. The number of fused-ring (bicyclic) bond motifs is 2. The second-order valence-corrected chi connectivity index (χ2v) is 8.73. The Morgan fingerprint density at radius 2 is 1.97 bits per heavy atom. The van der Waals surface area contributed by atoms with Gasteiger partial charge in [-0.3, -0.25) is 9.59 Å². The lowest BCUT2D eigenvalue weighted by atomic mass is 9.82. The maximum absolute atomic E-state index is 13.0. The molecule has 174 valence electrons. The van der Waals surface area contributed by atoms with E-state index in [-0.39, 0.29) is 23.4 Å². The molecule has 4 aromatic rings. The number of nitrogens with zero attached hydrogens (tertiary/aromatic N) is 3. The zero-order chi connectivity index (χ0) is 23.5. The third kappa shape index (κ3) is 4.36. The second-order valence-electron chi connectivity index (χ2n) is 8.73. The third-order valence-corrected chi connectivity index (χ3v) is 6.50. The van der Waals surface area contributed by atoms with Crippen molar-refractivity contribution in [3.8, 4) is 0 Å². The van der Waals surface area contributed by atoms with E-state index < -0.39 is 0 Å². The van der Waals surface area contributed by atoms with Crippen molar-refractivity contribution < 1.29 is 9.53 Å². The van der Waals surface area contributed by atoms with Gasteiger partial charge < -0.3 is 10.1 Å². The molecule has 0 aliphatic heterocycles. The molecule has 1 aromatic carbocycles. The summed E-state index contributed by atoms with van der Waals surface area (Å²) in [4.78, 5) is 25.1. The van der Waals surface area contributed by atoms with Crippen LogP contribution < -0.4 is 10.9 Å². The second kappa shape index (κ2) is 9.61. The van der Waals surface area contributed by atoms with E-state index in [1.54, 1.807) is 16.8 Å². The summed E-state index contributed by atoms with van der Waals surface area (Å²) in [6.07, 6.45) is 8.71. The van der Waals surface area contributed by atoms with Gasteiger partial charge >= 0.3 is 0 Å². The van der Waals surface area contributed by atoms with Gasteiger partial charge in [-0.1, -0.05) is 30.3 Å². The Bertz CT molecular complexity index is 1400. The van der Waals surface area contributed by atoms with Crippen LogP contribution in [0, 0.1) is 0 Å². The minimum Gasteiger partial charge on any atom is -0.373 e. The maximum Gasteiger partial charge on any atom is 0.272 e. The molecule has 34 heavy (non-hydrogen) atoms. The van der Waals surface area contributed by atoms with E-state index >= 15 is 0 Å². The van der Waals surface area contributed by atoms with Crippen LogP contribution in [0.1, 0.15) is 53.2 Å². The molecule has 1 fully saturated rings. The number of carbonyl (C=O) groups excluding carboxylic acids is 1. The van der Waals surface area contributed by atoms with Crippen LogP contribution in [-0.2, 0) is 11.3 Å². The summed E-state index contributed by atoms with van der Waals surface area (Å²) in [6, 6.07) is 11.5. The first kappa shape index (κ1) is 22.0. The summed E-state index contributed by atoms with van der Waals surface area (Å²) in [5.41, 5.74) is 3.09. The van der Waals surface area contributed by atoms with E-state index in [0.29, 0.717) is 24.2 Å². The molecule has 0 radical (unpaired) electrons. The molecule has 0 spiro atoms. The average molecular weight is 458 g/mol. The van der Waals surface area contributed by atoms with Gasteiger partial charge in [-0.25, -0.2) is 9.61 Å². The van der Waals surface area contributed by atoms with Crippen molar-refractivity contribution in [1.82, 2.24) is 25.1 Å². The number of carbonyl (C=O) groups is 1. The Kier molecular flexibility index (Phi) is 6.22. The number of H-pyrrole nitrogens is 1. The molecule has 8 heteroatoms. The van der Waals surface area contributed by atoms with Crippen molar-refractivity contribution in [2.24, 2.45) is 0 Å². The van der Waals surface area contributed by atoms with Crippen molar-refractivity contribution in [3.63, 3.8) is 0 Å². The lowest BCUT2D eigenvalue weighted by molar-refractivity contribution is 0.0927. The van der Waals surface area contributed by atoms with Crippen LogP contribution in [0.5, 0.6) is 0 Å². The molecular weight excluding hydrogens is 430 g/mol. The Morgan fingerprint density at radius 3 is 2.76 bits per heavy atom. The van der Waals surface area contributed by atoms with E-state index in [1.807, 2.05) is 42.6 Å². The smallest absolute Gasteiger partial charge is 0.272 e. The van der Waals surface area contributed by atoms with Gasteiger partial charge in [0.2, 0.25) is 0 Å². The third-order valence-electron chi connectivity index (χ3n) is 6.50. The Hall–Kier alpha value is -3.78. The number of aromatic amines is 1. The number of nitrogens with one attached hydrogen (secondary N) is 2. The summed E-state index contributed by atoms with van der Waals surface area (Å²) in [5, 5.41) is 16.1. The number of hydrogen-bond acceptors (Lipinski definition) is 5. The molecule has 0 atom stereocenters. The van der Waals surface area contributed by atoms with Crippen LogP contribution >= 0.6 is 0 Å². The van der Waals surface area contributed by atoms with Gasteiger partial charge in [0.25, 0.3) is 11.5 Å². The number of amides is 1. The van der Waals surface area contributed by atoms with E-state index in [9.17, 15) is 9.59 Å². The zero-order valence-electron chi connectivity index (χ0n) is 18.9. The fraction of sp³-hybridized carbons (Fsp3) is 0.308. The molecule has 2 N–H and O–H groups in total. The van der Waals surface area contributed by atoms with E-state index in [0.717, 1.165) is 47.8 Å².